The molecule has 98 valence electrons. The van der Waals surface area contributed by atoms with Gasteiger partial charge >= 0.3 is 5.97 Å². The normalized spacial score (nSPS) is 21.8. The number of nitrogens with one attached hydrogen (secondary N) is 1. The van der Waals surface area contributed by atoms with E-state index in [9.17, 15) is 9.59 Å². The Labute approximate surface area is 102 Å². The average molecular weight is 242 g/mol. The van der Waals surface area contributed by atoms with Gasteiger partial charge in [0.05, 0.1) is 18.6 Å². The predicted octanol–water partition coefficient (Wildman–Crippen LogP) is 0.539. The Morgan fingerprint density at radius 1 is 1.59 bits per heavy atom. The van der Waals surface area contributed by atoms with Gasteiger partial charge in [-0.1, -0.05) is 0 Å². The highest BCUT2D eigenvalue weighted by Crippen LogP contribution is 2.22. The first kappa shape index (κ1) is 14.0. The Balaban J connectivity index is 2.64. The van der Waals surface area contributed by atoms with Crippen LogP contribution in [0.2, 0.25) is 0 Å². The summed E-state index contributed by atoms with van der Waals surface area (Å²) in [5.74, 6) is -0.193. The van der Waals surface area contributed by atoms with Gasteiger partial charge in [0, 0.05) is 19.1 Å². The fourth-order valence-electron chi connectivity index (χ4n) is 2.26. The fraction of sp³-hybridized carbons (Fsp3) is 0.833. The van der Waals surface area contributed by atoms with Crippen LogP contribution in [0.3, 0.4) is 0 Å². The molecular formula is C12H22N2O3. The van der Waals surface area contributed by atoms with Gasteiger partial charge in [-0.25, -0.2) is 0 Å². The minimum absolute atomic E-state index is 0.00935. The molecule has 17 heavy (non-hydrogen) atoms. The summed E-state index contributed by atoms with van der Waals surface area (Å²) in [5, 5.41) is 2.84. The summed E-state index contributed by atoms with van der Waals surface area (Å²) in [6, 6.07) is 0.00935. The zero-order valence-corrected chi connectivity index (χ0v) is 11.1. The van der Waals surface area contributed by atoms with Gasteiger partial charge in [0.25, 0.3) is 0 Å². The van der Waals surface area contributed by atoms with Crippen molar-refractivity contribution in [3.8, 4) is 0 Å². The lowest BCUT2D eigenvalue weighted by atomic mass is 9.96. The van der Waals surface area contributed by atoms with Gasteiger partial charge in [-0.3, -0.25) is 14.5 Å². The van der Waals surface area contributed by atoms with Crippen molar-refractivity contribution >= 4 is 11.9 Å². The molecule has 0 saturated carbocycles. The summed E-state index contributed by atoms with van der Waals surface area (Å²) < 4.78 is 4.93. The SMILES string of the molecule is CCOC(=O)CC(C)N1CCNC(=O)C1(C)C. The van der Waals surface area contributed by atoms with Crippen LogP contribution in [0.15, 0.2) is 0 Å². The molecule has 1 aliphatic rings. The standard InChI is InChI=1S/C12H22N2O3/c1-5-17-10(15)8-9(2)14-7-6-13-11(16)12(14,3)4/h9H,5-8H2,1-4H3,(H,13,16). The molecule has 0 aromatic heterocycles. The van der Waals surface area contributed by atoms with Crippen LogP contribution in [0, 0.1) is 0 Å². The number of amides is 1. The van der Waals surface area contributed by atoms with E-state index in [0.717, 1.165) is 6.54 Å². The molecule has 0 aromatic rings. The molecule has 1 saturated heterocycles. The Hall–Kier alpha value is -1.10. The summed E-state index contributed by atoms with van der Waals surface area (Å²) in [6.07, 6.45) is 0.324. The minimum atomic E-state index is -0.565. The lowest BCUT2D eigenvalue weighted by Crippen LogP contribution is -2.64. The molecule has 0 spiro atoms. The number of hydrogen-bond acceptors (Lipinski definition) is 4. The Morgan fingerprint density at radius 2 is 2.24 bits per heavy atom. The van der Waals surface area contributed by atoms with Crippen molar-refractivity contribution in [3.63, 3.8) is 0 Å². The Morgan fingerprint density at radius 3 is 2.82 bits per heavy atom. The molecular weight excluding hydrogens is 220 g/mol. The average Bonchev–Trinajstić information content (AvgIpc) is 2.22. The molecule has 0 aromatic carbocycles. The molecule has 1 aliphatic heterocycles. The van der Waals surface area contributed by atoms with E-state index < -0.39 is 5.54 Å². The quantitative estimate of drug-likeness (QED) is 0.731. The molecule has 1 heterocycles. The first-order valence-corrected chi connectivity index (χ1v) is 6.10. The van der Waals surface area contributed by atoms with Crippen LogP contribution in [0.25, 0.3) is 0 Å². The molecule has 1 unspecified atom stereocenters. The van der Waals surface area contributed by atoms with Crippen molar-refractivity contribution < 1.29 is 14.3 Å². The van der Waals surface area contributed by atoms with Crippen LogP contribution in [0.4, 0.5) is 0 Å². The topological polar surface area (TPSA) is 58.6 Å². The molecule has 0 aliphatic carbocycles. The summed E-state index contributed by atoms with van der Waals surface area (Å²) in [6.45, 7) is 9.30. The van der Waals surface area contributed by atoms with Crippen molar-refractivity contribution in [2.75, 3.05) is 19.7 Å². The number of nitrogens with zero attached hydrogens (tertiary/aromatic N) is 1. The van der Waals surface area contributed by atoms with Gasteiger partial charge in [-0.15, -0.1) is 0 Å². The third-order valence-electron chi connectivity index (χ3n) is 3.21. The third kappa shape index (κ3) is 3.19. The highest BCUT2D eigenvalue weighted by Gasteiger charge is 2.40. The molecule has 0 radical (unpaired) electrons. The van der Waals surface area contributed by atoms with Crippen LogP contribution in [-0.2, 0) is 14.3 Å². The lowest BCUT2D eigenvalue weighted by Gasteiger charge is -2.44. The van der Waals surface area contributed by atoms with E-state index in [1.165, 1.54) is 0 Å². The van der Waals surface area contributed by atoms with Crippen LogP contribution in [0.1, 0.15) is 34.1 Å². The van der Waals surface area contributed by atoms with Gasteiger partial charge in [0.15, 0.2) is 0 Å². The Kier molecular flexibility index (Phi) is 4.51. The molecule has 5 heteroatoms. The maximum Gasteiger partial charge on any atom is 0.307 e. The van der Waals surface area contributed by atoms with E-state index in [0.29, 0.717) is 19.6 Å². The van der Waals surface area contributed by atoms with Crippen LogP contribution in [0.5, 0.6) is 0 Å². The van der Waals surface area contributed by atoms with Crippen LogP contribution >= 0.6 is 0 Å². The number of esters is 1. The number of carbonyl (C=O) groups is 2. The largest absolute Gasteiger partial charge is 0.466 e. The van der Waals surface area contributed by atoms with Crippen molar-refractivity contribution in [3.05, 3.63) is 0 Å². The maximum absolute atomic E-state index is 11.8. The summed E-state index contributed by atoms with van der Waals surface area (Å²) in [4.78, 5) is 25.3. The summed E-state index contributed by atoms with van der Waals surface area (Å²) >= 11 is 0. The molecule has 1 amide bonds. The van der Waals surface area contributed by atoms with Crippen molar-refractivity contribution in [2.45, 2.75) is 45.7 Å². The minimum Gasteiger partial charge on any atom is -0.466 e. The van der Waals surface area contributed by atoms with E-state index in [2.05, 4.69) is 10.2 Å². The van der Waals surface area contributed by atoms with Crippen molar-refractivity contribution in [2.24, 2.45) is 0 Å². The molecule has 0 bridgehead atoms. The number of hydrogen-bond donors (Lipinski definition) is 1. The number of rotatable bonds is 4. The molecule has 1 N–H and O–H groups in total. The lowest BCUT2D eigenvalue weighted by molar-refractivity contribution is -0.147. The van der Waals surface area contributed by atoms with E-state index in [-0.39, 0.29) is 17.9 Å². The van der Waals surface area contributed by atoms with Crippen LogP contribution < -0.4 is 5.32 Å². The van der Waals surface area contributed by atoms with Crippen molar-refractivity contribution in [1.29, 1.82) is 0 Å². The third-order valence-corrected chi connectivity index (χ3v) is 3.21. The zero-order chi connectivity index (χ0) is 13.1. The fourth-order valence-corrected chi connectivity index (χ4v) is 2.26. The van der Waals surface area contributed by atoms with Gasteiger partial charge in [-0.2, -0.15) is 0 Å². The second kappa shape index (κ2) is 5.49. The van der Waals surface area contributed by atoms with E-state index in [1.807, 2.05) is 20.8 Å². The number of carbonyl (C=O) groups excluding carboxylic acids is 2. The Bertz CT molecular complexity index is 302. The van der Waals surface area contributed by atoms with E-state index in [4.69, 9.17) is 4.74 Å². The predicted molar refractivity (Wildman–Crippen MR) is 64.5 cm³/mol. The highest BCUT2D eigenvalue weighted by molar-refractivity contribution is 5.86. The summed E-state index contributed by atoms with van der Waals surface area (Å²) in [7, 11) is 0. The second-order valence-corrected chi connectivity index (χ2v) is 4.87. The van der Waals surface area contributed by atoms with Gasteiger partial charge in [0.2, 0.25) is 5.91 Å². The van der Waals surface area contributed by atoms with Gasteiger partial charge in [0.1, 0.15) is 0 Å². The van der Waals surface area contributed by atoms with Crippen molar-refractivity contribution in [1.82, 2.24) is 10.2 Å². The summed E-state index contributed by atoms with van der Waals surface area (Å²) in [5.41, 5.74) is -0.565. The molecule has 1 rings (SSSR count). The molecule has 1 fully saturated rings. The second-order valence-electron chi connectivity index (χ2n) is 4.87. The first-order chi connectivity index (χ1) is 7.89. The molecule has 1 atom stereocenters. The highest BCUT2D eigenvalue weighted by atomic mass is 16.5. The smallest absolute Gasteiger partial charge is 0.307 e. The van der Waals surface area contributed by atoms with Gasteiger partial charge in [-0.05, 0) is 27.7 Å². The zero-order valence-electron chi connectivity index (χ0n) is 11.1. The van der Waals surface area contributed by atoms with E-state index >= 15 is 0 Å². The monoisotopic (exact) mass is 242 g/mol. The maximum atomic E-state index is 11.8. The van der Waals surface area contributed by atoms with Crippen LogP contribution in [-0.4, -0.2) is 48.1 Å². The van der Waals surface area contributed by atoms with E-state index in [1.54, 1.807) is 6.92 Å². The first-order valence-electron chi connectivity index (χ1n) is 6.10. The molecule has 5 nitrogen and oxygen atoms in total. The number of piperazine rings is 1. The van der Waals surface area contributed by atoms with Gasteiger partial charge < -0.3 is 10.1 Å². The number of ether oxygens (including phenoxy) is 1.